The van der Waals surface area contributed by atoms with E-state index in [1.54, 1.807) is 0 Å². The van der Waals surface area contributed by atoms with E-state index >= 15 is 0 Å². The monoisotopic (exact) mass is 1920 g/mol. The Bertz CT molecular complexity index is 9120. The second-order valence-corrected chi connectivity index (χ2v) is 41.8. The highest BCUT2D eigenvalue weighted by molar-refractivity contribution is 7.25. The normalized spacial score (nSPS) is 11.6. The molecule has 0 saturated heterocycles. The van der Waals surface area contributed by atoms with Crippen LogP contribution in [-0.4, -0.2) is 13.7 Å². The molecule has 8 aromatic heterocycles. The summed E-state index contributed by atoms with van der Waals surface area (Å²) in [5.74, 6) is 4.26. The van der Waals surface area contributed by atoms with Crippen LogP contribution in [0.15, 0.2) is 448 Å². The standard InChI is InChI=1S/3C21H19N.4C15H14O.C15H14S/c1-15(2)17-12-8-13-19-18-11-6-7-14-20(18)22(21(17)19)16-9-4-3-5-10-16;1-15(2)16-12-13-21-19(14-16)18-10-6-7-11-20(18)22(21)17-8-4-3-5-9-17;1-15(2)16-12-13-19-18-10-6-7-11-20(18)22(21(19)14-16)17-8-4-3-5-9-17;1-10(2)11-7-5-8-13-12-6-3-4-9-14(12)16-15(11)13;1-10(2)11-7-5-9-14-15(11)12-6-3-4-8-13(12)16-14;1-10(2)11-7-8-15-13(9-11)12-5-3-4-6-14(12)16-15;1-10(2)11-7-8-13-12-5-3-4-6-14(12)16-15(13)9-11;1-10(2)11-7-5-9-14-15(11)12-6-3-4-8-13(12)16-14/h3*3-15H,1-2H3;5*3-10H,1-2H3. The maximum absolute atomic E-state index is 5.94. The van der Waals surface area contributed by atoms with E-state index in [-0.39, 0.29) is 0 Å². The van der Waals surface area contributed by atoms with Gasteiger partial charge in [-0.2, -0.15) is 0 Å². The summed E-state index contributed by atoms with van der Waals surface area (Å²) >= 11 is 1.89. The van der Waals surface area contributed by atoms with Crippen LogP contribution in [0.25, 0.3) is 190 Å². The van der Waals surface area contributed by atoms with Crippen molar-refractivity contribution in [2.24, 2.45) is 0 Å². The van der Waals surface area contributed by atoms with Crippen LogP contribution in [0.3, 0.4) is 0 Å². The van der Waals surface area contributed by atoms with Gasteiger partial charge < -0.3 is 31.4 Å². The molecule has 0 radical (unpaired) electrons. The predicted molar refractivity (Wildman–Crippen MR) is 629 cm³/mol. The number of hydrogen-bond donors (Lipinski definition) is 0. The van der Waals surface area contributed by atoms with E-state index in [1.807, 2.05) is 72.0 Å². The molecular weight excluding hydrogens is 1800 g/mol. The first-order valence-electron chi connectivity index (χ1n) is 51.9. The Morgan fingerprint density at radius 3 is 1.05 bits per heavy atom. The van der Waals surface area contributed by atoms with E-state index in [9.17, 15) is 0 Å². The summed E-state index contributed by atoms with van der Waals surface area (Å²) in [6.45, 7) is 35.7. The molecule has 19 aromatic carbocycles. The van der Waals surface area contributed by atoms with Crippen LogP contribution in [0, 0.1) is 0 Å². The fraction of sp³-hybridized carbons (Fsp3) is 0.174. The van der Waals surface area contributed by atoms with Crippen LogP contribution in [0.2, 0.25) is 0 Å². The number of fused-ring (bicyclic) bond motifs is 24. The topological polar surface area (TPSA) is 67.3 Å². The van der Waals surface area contributed by atoms with Gasteiger partial charge in [0.15, 0.2) is 0 Å². The zero-order chi connectivity index (χ0) is 101. The van der Waals surface area contributed by atoms with Crippen LogP contribution in [0.1, 0.15) is 203 Å². The minimum atomic E-state index is 0.490. The van der Waals surface area contributed by atoms with Gasteiger partial charge in [-0.25, -0.2) is 0 Å². The van der Waals surface area contributed by atoms with E-state index < -0.39 is 0 Å². The second kappa shape index (κ2) is 42.9. The van der Waals surface area contributed by atoms with Crippen molar-refractivity contribution in [1.29, 1.82) is 0 Å². The van der Waals surface area contributed by atoms with Gasteiger partial charge in [-0.15, -0.1) is 11.3 Å². The molecule has 0 saturated carbocycles. The molecule has 27 aromatic rings. The van der Waals surface area contributed by atoms with Gasteiger partial charge in [-0.3, -0.25) is 0 Å². The van der Waals surface area contributed by atoms with Crippen molar-refractivity contribution in [1.82, 2.24) is 13.7 Å². The van der Waals surface area contributed by atoms with Crippen LogP contribution < -0.4 is 0 Å². The minimum absolute atomic E-state index is 0.490. The third-order valence-electron chi connectivity index (χ3n) is 28.4. The number of benzene rings is 19. The molecule has 8 heteroatoms. The molecule has 0 aliphatic rings. The number of rotatable bonds is 11. The van der Waals surface area contributed by atoms with Gasteiger partial charge in [0, 0.05) is 113 Å². The lowest BCUT2D eigenvalue weighted by atomic mass is 9.97. The lowest BCUT2D eigenvalue weighted by Crippen LogP contribution is -1.97. The molecular formula is C138H127N3O4S. The van der Waals surface area contributed by atoms with Gasteiger partial charge >= 0.3 is 0 Å². The van der Waals surface area contributed by atoms with Crippen LogP contribution in [0.4, 0.5) is 0 Å². The Morgan fingerprint density at radius 2 is 0.493 bits per heavy atom. The Balaban J connectivity index is 0.000000102. The molecule has 0 unspecified atom stereocenters. The summed E-state index contributed by atoms with van der Waals surface area (Å²) in [7, 11) is 0. The van der Waals surface area contributed by atoms with Gasteiger partial charge in [0.25, 0.3) is 0 Å². The summed E-state index contributed by atoms with van der Waals surface area (Å²) in [5, 5.41) is 20.6. The molecule has 0 bridgehead atoms. The largest absolute Gasteiger partial charge is 0.456 e. The summed E-state index contributed by atoms with van der Waals surface area (Å²) in [4.78, 5) is 0. The number of para-hydroxylation sites is 12. The molecule has 146 heavy (non-hydrogen) atoms. The van der Waals surface area contributed by atoms with E-state index in [4.69, 9.17) is 17.7 Å². The van der Waals surface area contributed by atoms with Gasteiger partial charge in [0.2, 0.25) is 0 Å². The first kappa shape index (κ1) is 97.4. The Morgan fingerprint density at radius 1 is 0.171 bits per heavy atom. The lowest BCUT2D eigenvalue weighted by molar-refractivity contribution is 0.657. The molecule has 0 spiro atoms. The average Bonchev–Trinajstić information content (AvgIpc) is 1.43. The number of furan rings is 4. The van der Waals surface area contributed by atoms with E-state index in [0.29, 0.717) is 47.3 Å². The molecule has 724 valence electrons. The fourth-order valence-corrected chi connectivity index (χ4v) is 21.9. The highest BCUT2D eigenvalue weighted by atomic mass is 32.1. The summed E-state index contributed by atoms with van der Waals surface area (Å²) in [6, 6.07) is 152. The maximum Gasteiger partial charge on any atom is 0.138 e. The predicted octanol–water partition coefficient (Wildman–Crippen LogP) is 41.7. The lowest BCUT2D eigenvalue weighted by Gasteiger charge is -2.13. The Labute approximate surface area is 860 Å². The molecule has 7 nitrogen and oxygen atoms in total. The third kappa shape index (κ3) is 19.7. The maximum atomic E-state index is 5.94. The summed E-state index contributed by atoms with van der Waals surface area (Å²) in [5.41, 5.74) is 30.2. The molecule has 0 N–H and O–H groups in total. The molecule has 0 atom stereocenters. The van der Waals surface area contributed by atoms with Crippen molar-refractivity contribution in [3.63, 3.8) is 0 Å². The summed E-state index contributed by atoms with van der Waals surface area (Å²) < 4.78 is 33.4. The van der Waals surface area contributed by atoms with E-state index in [1.165, 1.54) is 190 Å². The third-order valence-corrected chi connectivity index (χ3v) is 29.6. The van der Waals surface area contributed by atoms with E-state index in [2.05, 4.69) is 495 Å². The van der Waals surface area contributed by atoms with Crippen molar-refractivity contribution in [2.45, 2.75) is 158 Å². The number of hydrogen-bond acceptors (Lipinski definition) is 5. The van der Waals surface area contributed by atoms with Crippen molar-refractivity contribution >= 4 is 185 Å². The van der Waals surface area contributed by atoms with Gasteiger partial charge in [-0.1, -0.05) is 408 Å². The highest BCUT2D eigenvalue weighted by Gasteiger charge is 2.22. The van der Waals surface area contributed by atoms with Gasteiger partial charge in [0.05, 0.1) is 33.1 Å². The van der Waals surface area contributed by atoms with Crippen molar-refractivity contribution < 1.29 is 17.7 Å². The molecule has 8 heterocycles. The van der Waals surface area contributed by atoms with E-state index in [0.717, 1.165) is 44.7 Å². The number of thiophene rings is 1. The minimum Gasteiger partial charge on any atom is -0.456 e. The molecule has 27 rings (SSSR count). The average molecular weight is 1920 g/mol. The SMILES string of the molecule is CC(C)c1ccc2c(c1)c1ccccc1n2-c1ccccc1.CC(C)c1ccc2c(c1)oc1ccccc12.CC(C)c1ccc2c3ccccc3n(-c3ccccc3)c2c1.CC(C)c1ccc2oc3ccccc3c2c1.CC(C)c1cccc2c1oc1ccccc12.CC(C)c1cccc2c3ccccc3n(-c3ccccc3)c12.CC(C)c1cccc2oc3ccccc3c12.CC(C)c1cccc2sc3ccccc3c12. The fourth-order valence-electron chi connectivity index (χ4n) is 20.8. The van der Waals surface area contributed by atoms with Gasteiger partial charge in [0.1, 0.15) is 44.7 Å². The van der Waals surface area contributed by atoms with Crippen molar-refractivity contribution in [3.8, 4) is 17.1 Å². The Kier molecular flexibility index (Phi) is 28.6. The second-order valence-electron chi connectivity index (χ2n) is 40.8. The quantitative estimate of drug-likeness (QED) is 0.129. The molecule has 0 aliphatic carbocycles. The molecule has 0 aliphatic heterocycles. The first-order chi connectivity index (χ1) is 71.1. The zero-order valence-corrected chi connectivity index (χ0v) is 87.3. The van der Waals surface area contributed by atoms with Crippen molar-refractivity contribution in [3.05, 3.63) is 475 Å². The van der Waals surface area contributed by atoms with Crippen LogP contribution >= 0.6 is 11.3 Å². The number of nitrogens with zero attached hydrogens (tertiary/aromatic N) is 3. The number of aromatic nitrogens is 3. The molecule has 0 amide bonds. The Hall–Kier alpha value is -16.0. The first-order valence-corrected chi connectivity index (χ1v) is 52.7. The van der Waals surface area contributed by atoms with Crippen molar-refractivity contribution in [2.75, 3.05) is 0 Å². The highest BCUT2D eigenvalue weighted by Crippen LogP contribution is 2.44. The molecule has 0 fully saturated rings. The van der Waals surface area contributed by atoms with Crippen LogP contribution in [0.5, 0.6) is 0 Å². The van der Waals surface area contributed by atoms with Gasteiger partial charge in [-0.05, 0) is 225 Å². The zero-order valence-electron chi connectivity index (χ0n) is 86.5. The smallest absolute Gasteiger partial charge is 0.138 e. The summed E-state index contributed by atoms with van der Waals surface area (Å²) in [6.07, 6.45) is 0. The van der Waals surface area contributed by atoms with Crippen LogP contribution in [-0.2, 0) is 0 Å².